The van der Waals surface area contributed by atoms with Crippen LogP contribution < -0.4 is 5.32 Å². The summed E-state index contributed by atoms with van der Waals surface area (Å²) in [5.74, 6) is -2.29. The Bertz CT molecular complexity index is 475. The minimum atomic E-state index is -0.836. The molecular weight excluding hydrogens is 237 g/mol. The molecule has 2 rings (SSSR count). The van der Waals surface area contributed by atoms with Gasteiger partial charge in [-0.15, -0.1) is 0 Å². The van der Waals surface area contributed by atoms with Crippen molar-refractivity contribution in [1.82, 2.24) is 5.32 Å². The Labute approximate surface area is 104 Å². The predicted molar refractivity (Wildman–Crippen MR) is 62.6 cm³/mol. The van der Waals surface area contributed by atoms with Crippen LogP contribution in [0.1, 0.15) is 29.6 Å². The van der Waals surface area contributed by atoms with Crippen molar-refractivity contribution in [2.75, 3.05) is 0 Å². The molecule has 0 bridgehead atoms. The molecule has 1 saturated carbocycles. The van der Waals surface area contributed by atoms with E-state index in [1.165, 1.54) is 18.2 Å². The Kier molecular flexibility index (Phi) is 3.60. The first-order valence-corrected chi connectivity index (χ1v) is 5.86. The lowest BCUT2D eigenvalue weighted by Gasteiger charge is -2.12. The molecule has 5 heteroatoms. The highest BCUT2D eigenvalue weighted by Crippen LogP contribution is 2.25. The normalized spacial score (nSPS) is 22.7. The van der Waals surface area contributed by atoms with E-state index in [1.54, 1.807) is 6.07 Å². The number of rotatable bonds is 3. The highest BCUT2D eigenvalue weighted by molar-refractivity contribution is 5.94. The minimum absolute atomic E-state index is 0.00345. The first kappa shape index (κ1) is 12.5. The van der Waals surface area contributed by atoms with E-state index in [-0.39, 0.29) is 11.6 Å². The van der Waals surface area contributed by atoms with Gasteiger partial charge < -0.3 is 10.4 Å². The standard InChI is InChI=1S/C13H14FNO3/c14-11-4-2-1-3-10(11)12(16)15-9-6-5-8(7-9)13(17)18/h1-4,8-9H,5-7H2,(H,15,16)(H,17,18). The highest BCUT2D eigenvalue weighted by atomic mass is 19.1. The van der Waals surface area contributed by atoms with Crippen molar-refractivity contribution in [3.8, 4) is 0 Å². The van der Waals surface area contributed by atoms with Crippen LogP contribution in [0.3, 0.4) is 0 Å². The van der Waals surface area contributed by atoms with Gasteiger partial charge in [-0.05, 0) is 31.4 Å². The second-order valence-corrected chi connectivity index (χ2v) is 4.50. The molecule has 18 heavy (non-hydrogen) atoms. The van der Waals surface area contributed by atoms with E-state index in [4.69, 9.17) is 5.11 Å². The molecule has 96 valence electrons. The van der Waals surface area contributed by atoms with Crippen LogP contribution in [-0.4, -0.2) is 23.0 Å². The third-order valence-electron chi connectivity index (χ3n) is 3.24. The number of benzene rings is 1. The van der Waals surface area contributed by atoms with Crippen LogP contribution in [0.5, 0.6) is 0 Å². The van der Waals surface area contributed by atoms with Crippen LogP contribution in [0.25, 0.3) is 0 Å². The summed E-state index contributed by atoms with van der Waals surface area (Å²) >= 11 is 0. The first-order valence-electron chi connectivity index (χ1n) is 5.86. The van der Waals surface area contributed by atoms with E-state index in [0.717, 1.165) is 0 Å². The molecular formula is C13H14FNO3. The van der Waals surface area contributed by atoms with Gasteiger partial charge in [0.1, 0.15) is 5.82 Å². The minimum Gasteiger partial charge on any atom is -0.481 e. The first-order chi connectivity index (χ1) is 8.58. The molecule has 1 aromatic rings. The second kappa shape index (κ2) is 5.16. The second-order valence-electron chi connectivity index (χ2n) is 4.50. The van der Waals surface area contributed by atoms with Gasteiger partial charge in [0, 0.05) is 6.04 Å². The monoisotopic (exact) mass is 251 g/mol. The fraction of sp³-hybridized carbons (Fsp3) is 0.385. The summed E-state index contributed by atoms with van der Waals surface area (Å²) in [6, 6.07) is 5.56. The largest absolute Gasteiger partial charge is 0.481 e. The molecule has 1 aliphatic carbocycles. The number of hydrogen-bond donors (Lipinski definition) is 2. The van der Waals surface area contributed by atoms with Gasteiger partial charge in [0.25, 0.3) is 5.91 Å². The lowest BCUT2D eigenvalue weighted by molar-refractivity contribution is -0.141. The third-order valence-corrected chi connectivity index (χ3v) is 3.24. The maximum atomic E-state index is 13.4. The van der Waals surface area contributed by atoms with Gasteiger partial charge in [0.05, 0.1) is 11.5 Å². The summed E-state index contributed by atoms with van der Waals surface area (Å²) in [6.07, 6.45) is 1.59. The maximum absolute atomic E-state index is 13.4. The van der Waals surface area contributed by atoms with Crippen molar-refractivity contribution < 1.29 is 19.1 Å². The van der Waals surface area contributed by atoms with Crippen LogP contribution in [0, 0.1) is 11.7 Å². The fourth-order valence-electron chi connectivity index (χ4n) is 2.25. The van der Waals surface area contributed by atoms with Crippen molar-refractivity contribution in [3.05, 3.63) is 35.6 Å². The number of halogens is 1. The zero-order chi connectivity index (χ0) is 13.1. The number of carbonyl (C=O) groups excluding carboxylic acids is 1. The van der Waals surface area contributed by atoms with E-state index in [9.17, 15) is 14.0 Å². The number of aliphatic carboxylic acids is 1. The molecule has 1 aromatic carbocycles. The zero-order valence-corrected chi connectivity index (χ0v) is 9.73. The number of amides is 1. The molecule has 0 radical (unpaired) electrons. The Balaban J connectivity index is 1.97. The number of nitrogens with one attached hydrogen (secondary N) is 1. The molecule has 2 N–H and O–H groups in total. The van der Waals surface area contributed by atoms with Gasteiger partial charge in [-0.3, -0.25) is 9.59 Å². The average molecular weight is 251 g/mol. The summed E-state index contributed by atoms with van der Waals surface area (Å²) in [6.45, 7) is 0. The number of carboxylic acids is 1. The molecule has 2 unspecified atom stereocenters. The number of hydrogen-bond acceptors (Lipinski definition) is 2. The molecule has 0 aromatic heterocycles. The summed E-state index contributed by atoms with van der Waals surface area (Å²) in [4.78, 5) is 22.6. The summed E-state index contributed by atoms with van der Waals surface area (Å²) in [5.41, 5.74) is -0.00345. The lowest BCUT2D eigenvalue weighted by atomic mass is 10.1. The van der Waals surface area contributed by atoms with Crippen LogP contribution >= 0.6 is 0 Å². The smallest absolute Gasteiger partial charge is 0.306 e. The van der Waals surface area contributed by atoms with Crippen LogP contribution in [0.2, 0.25) is 0 Å². The maximum Gasteiger partial charge on any atom is 0.306 e. The quantitative estimate of drug-likeness (QED) is 0.861. The molecule has 1 aliphatic rings. The van der Waals surface area contributed by atoms with Gasteiger partial charge >= 0.3 is 5.97 Å². The van der Waals surface area contributed by atoms with Crippen molar-refractivity contribution in [1.29, 1.82) is 0 Å². The number of carbonyl (C=O) groups is 2. The summed E-state index contributed by atoms with van der Waals surface area (Å²) in [7, 11) is 0. The SMILES string of the molecule is O=C(NC1CCC(C(=O)O)C1)c1ccccc1F. The molecule has 1 fully saturated rings. The fourth-order valence-corrected chi connectivity index (χ4v) is 2.25. The van der Waals surface area contributed by atoms with Gasteiger partial charge in [-0.2, -0.15) is 0 Å². The summed E-state index contributed by atoms with van der Waals surface area (Å²) < 4.78 is 13.4. The molecule has 0 aliphatic heterocycles. The summed E-state index contributed by atoms with van der Waals surface area (Å²) in [5, 5.41) is 11.5. The lowest BCUT2D eigenvalue weighted by Crippen LogP contribution is -2.33. The number of carboxylic acid groups (broad SMARTS) is 1. The van der Waals surface area contributed by atoms with E-state index >= 15 is 0 Å². The van der Waals surface area contributed by atoms with Crippen molar-refractivity contribution >= 4 is 11.9 Å². The molecule has 0 saturated heterocycles. The van der Waals surface area contributed by atoms with E-state index < -0.39 is 23.6 Å². The molecule has 2 atom stereocenters. The molecule has 0 heterocycles. The molecule has 4 nitrogen and oxygen atoms in total. The van der Waals surface area contributed by atoms with Crippen LogP contribution in [0.15, 0.2) is 24.3 Å². The zero-order valence-electron chi connectivity index (χ0n) is 9.73. The highest BCUT2D eigenvalue weighted by Gasteiger charge is 2.30. The van der Waals surface area contributed by atoms with E-state index in [1.807, 2.05) is 0 Å². The van der Waals surface area contributed by atoms with Crippen molar-refractivity contribution in [2.45, 2.75) is 25.3 Å². The van der Waals surface area contributed by atoms with Gasteiger partial charge in [0.15, 0.2) is 0 Å². The Morgan fingerprint density at radius 2 is 2.00 bits per heavy atom. The molecule has 0 spiro atoms. The van der Waals surface area contributed by atoms with E-state index in [0.29, 0.717) is 19.3 Å². The van der Waals surface area contributed by atoms with Crippen molar-refractivity contribution in [3.63, 3.8) is 0 Å². The Hall–Kier alpha value is -1.91. The Morgan fingerprint density at radius 1 is 1.28 bits per heavy atom. The van der Waals surface area contributed by atoms with Crippen LogP contribution in [0.4, 0.5) is 4.39 Å². The topological polar surface area (TPSA) is 66.4 Å². The third kappa shape index (κ3) is 2.67. The van der Waals surface area contributed by atoms with Gasteiger partial charge in [-0.1, -0.05) is 12.1 Å². The Morgan fingerprint density at radius 3 is 2.61 bits per heavy atom. The van der Waals surface area contributed by atoms with Gasteiger partial charge in [-0.25, -0.2) is 4.39 Å². The molecule has 1 amide bonds. The van der Waals surface area contributed by atoms with Crippen LogP contribution in [-0.2, 0) is 4.79 Å². The predicted octanol–water partition coefficient (Wildman–Crippen LogP) is 1.81. The van der Waals surface area contributed by atoms with Crippen molar-refractivity contribution in [2.24, 2.45) is 5.92 Å². The van der Waals surface area contributed by atoms with Gasteiger partial charge in [0.2, 0.25) is 0 Å². The van der Waals surface area contributed by atoms with E-state index in [2.05, 4.69) is 5.32 Å². The average Bonchev–Trinajstić information content (AvgIpc) is 2.78.